The topological polar surface area (TPSA) is 46.9 Å². The normalized spacial score (nSPS) is 10.5. The van der Waals surface area contributed by atoms with Crippen molar-refractivity contribution in [3.8, 4) is 0 Å². The average Bonchev–Trinajstić information content (AvgIpc) is 2.20. The number of nitrogens with one attached hydrogen (secondary N) is 1. The second kappa shape index (κ2) is 6.35. The van der Waals surface area contributed by atoms with Gasteiger partial charge in [0, 0.05) is 18.3 Å². The molecular weight excluding hydrogens is 190 g/mol. The maximum atomic E-state index is 11.5. The fourth-order valence-electron chi connectivity index (χ4n) is 1.36. The van der Waals surface area contributed by atoms with Gasteiger partial charge in [-0.2, -0.15) is 0 Å². The molecule has 1 heterocycles. The first kappa shape index (κ1) is 11.9. The molecule has 0 saturated carbocycles. The quantitative estimate of drug-likeness (QED) is 0.709. The van der Waals surface area contributed by atoms with Crippen LogP contribution in [0.2, 0.25) is 0 Å². The Hall–Kier alpha value is -1.16. The molecule has 0 atom stereocenters. The first-order chi connectivity index (χ1) is 7.24. The number of aryl methyl sites for hydroxylation is 2. The van der Waals surface area contributed by atoms with Crippen LogP contribution in [0.1, 0.15) is 25.5 Å². The zero-order chi connectivity index (χ0) is 11.1. The second-order valence-corrected chi connectivity index (χ2v) is 3.67. The van der Waals surface area contributed by atoms with E-state index in [1.54, 1.807) is 17.0 Å². The Morgan fingerprint density at radius 3 is 2.93 bits per heavy atom. The van der Waals surface area contributed by atoms with E-state index < -0.39 is 0 Å². The van der Waals surface area contributed by atoms with Crippen molar-refractivity contribution in [3.63, 3.8) is 0 Å². The lowest BCUT2D eigenvalue weighted by molar-refractivity contribution is 0.562. The second-order valence-electron chi connectivity index (χ2n) is 3.67. The Morgan fingerprint density at radius 2 is 2.27 bits per heavy atom. The highest BCUT2D eigenvalue weighted by Gasteiger charge is 1.96. The minimum Gasteiger partial charge on any atom is -0.317 e. The standard InChI is InChI=1S/C11H19N3O/c1-3-5-12-6-4-7-14-9-13-10(2)8-11(14)15/h8-9,12H,3-7H2,1-2H3. The molecule has 0 saturated heterocycles. The molecule has 0 spiro atoms. The maximum absolute atomic E-state index is 11.5. The molecule has 1 aromatic rings. The largest absolute Gasteiger partial charge is 0.317 e. The third kappa shape index (κ3) is 4.25. The van der Waals surface area contributed by atoms with Gasteiger partial charge in [0.2, 0.25) is 0 Å². The number of nitrogens with zero attached hydrogens (tertiary/aromatic N) is 2. The van der Waals surface area contributed by atoms with Crippen LogP contribution in [0.3, 0.4) is 0 Å². The van der Waals surface area contributed by atoms with E-state index in [1.165, 1.54) is 0 Å². The summed E-state index contributed by atoms with van der Waals surface area (Å²) in [5.74, 6) is 0. The van der Waals surface area contributed by atoms with Crippen molar-refractivity contribution < 1.29 is 0 Å². The molecule has 0 amide bonds. The minimum atomic E-state index is 0.0398. The van der Waals surface area contributed by atoms with E-state index in [1.807, 2.05) is 6.92 Å². The van der Waals surface area contributed by atoms with Crippen LogP contribution in [0.4, 0.5) is 0 Å². The molecule has 1 rings (SSSR count). The predicted octanol–water partition coefficient (Wildman–Crippen LogP) is 0.941. The van der Waals surface area contributed by atoms with Gasteiger partial charge >= 0.3 is 0 Å². The van der Waals surface area contributed by atoms with Crippen LogP contribution in [-0.2, 0) is 6.54 Å². The van der Waals surface area contributed by atoms with Crippen molar-refractivity contribution in [2.45, 2.75) is 33.2 Å². The molecule has 84 valence electrons. The molecular formula is C11H19N3O. The number of hydrogen-bond acceptors (Lipinski definition) is 3. The monoisotopic (exact) mass is 209 g/mol. The van der Waals surface area contributed by atoms with E-state index in [0.717, 1.165) is 38.2 Å². The van der Waals surface area contributed by atoms with Gasteiger partial charge in [0.1, 0.15) is 0 Å². The van der Waals surface area contributed by atoms with Crippen LogP contribution < -0.4 is 10.9 Å². The van der Waals surface area contributed by atoms with Crippen LogP contribution in [0.5, 0.6) is 0 Å². The summed E-state index contributed by atoms with van der Waals surface area (Å²) in [5, 5.41) is 3.30. The SMILES string of the molecule is CCCNCCCn1cnc(C)cc1=O. The summed E-state index contributed by atoms with van der Waals surface area (Å²) >= 11 is 0. The van der Waals surface area contributed by atoms with E-state index in [2.05, 4.69) is 17.2 Å². The summed E-state index contributed by atoms with van der Waals surface area (Å²) in [6, 6.07) is 1.57. The van der Waals surface area contributed by atoms with Gasteiger partial charge in [0.15, 0.2) is 0 Å². The lowest BCUT2D eigenvalue weighted by atomic mass is 10.4. The minimum absolute atomic E-state index is 0.0398. The molecule has 0 aromatic carbocycles. The lowest BCUT2D eigenvalue weighted by Gasteiger charge is -2.05. The van der Waals surface area contributed by atoms with Crippen LogP contribution in [0, 0.1) is 6.92 Å². The highest BCUT2D eigenvalue weighted by atomic mass is 16.1. The summed E-state index contributed by atoms with van der Waals surface area (Å²) in [7, 11) is 0. The third-order valence-corrected chi connectivity index (χ3v) is 2.20. The van der Waals surface area contributed by atoms with Crippen LogP contribution in [0.25, 0.3) is 0 Å². The van der Waals surface area contributed by atoms with Gasteiger partial charge < -0.3 is 5.32 Å². The molecule has 0 bridgehead atoms. The van der Waals surface area contributed by atoms with Gasteiger partial charge in [-0.15, -0.1) is 0 Å². The van der Waals surface area contributed by atoms with Gasteiger partial charge in [-0.25, -0.2) is 4.98 Å². The Morgan fingerprint density at radius 1 is 1.47 bits per heavy atom. The van der Waals surface area contributed by atoms with E-state index in [-0.39, 0.29) is 5.56 Å². The van der Waals surface area contributed by atoms with Crippen molar-refractivity contribution in [2.24, 2.45) is 0 Å². The van der Waals surface area contributed by atoms with E-state index in [0.29, 0.717) is 0 Å². The van der Waals surface area contributed by atoms with Gasteiger partial charge in [-0.05, 0) is 32.9 Å². The first-order valence-electron chi connectivity index (χ1n) is 5.48. The van der Waals surface area contributed by atoms with Crippen LogP contribution >= 0.6 is 0 Å². The fourth-order valence-corrected chi connectivity index (χ4v) is 1.36. The number of rotatable bonds is 6. The molecule has 0 aliphatic heterocycles. The highest BCUT2D eigenvalue weighted by Crippen LogP contribution is 1.87. The molecule has 0 radical (unpaired) electrons. The Bertz CT molecular complexity index is 346. The summed E-state index contributed by atoms with van der Waals surface area (Å²) in [4.78, 5) is 15.6. The average molecular weight is 209 g/mol. The molecule has 0 unspecified atom stereocenters. The molecule has 1 N–H and O–H groups in total. The van der Waals surface area contributed by atoms with E-state index in [9.17, 15) is 4.79 Å². The van der Waals surface area contributed by atoms with E-state index >= 15 is 0 Å². The summed E-state index contributed by atoms with van der Waals surface area (Å²) in [5.41, 5.74) is 0.818. The van der Waals surface area contributed by atoms with E-state index in [4.69, 9.17) is 0 Å². The first-order valence-corrected chi connectivity index (χ1v) is 5.48. The smallest absolute Gasteiger partial charge is 0.253 e. The molecule has 4 nitrogen and oxygen atoms in total. The third-order valence-electron chi connectivity index (χ3n) is 2.20. The Labute approximate surface area is 90.3 Å². The van der Waals surface area contributed by atoms with Gasteiger partial charge in [-0.3, -0.25) is 9.36 Å². The molecule has 4 heteroatoms. The highest BCUT2D eigenvalue weighted by molar-refractivity contribution is 4.95. The number of hydrogen-bond donors (Lipinski definition) is 1. The predicted molar refractivity (Wildman–Crippen MR) is 61.0 cm³/mol. The zero-order valence-corrected chi connectivity index (χ0v) is 9.49. The van der Waals surface area contributed by atoms with Crippen molar-refractivity contribution in [2.75, 3.05) is 13.1 Å². The van der Waals surface area contributed by atoms with Crippen LogP contribution in [0.15, 0.2) is 17.2 Å². The summed E-state index contributed by atoms with van der Waals surface area (Å²) < 4.78 is 1.65. The lowest BCUT2D eigenvalue weighted by Crippen LogP contribution is -2.23. The Balaban J connectivity index is 2.34. The van der Waals surface area contributed by atoms with Gasteiger partial charge in [0.05, 0.1) is 6.33 Å². The number of aromatic nitrogens is 2. The van der Waals surface area contributed by atoms with Crippen molar-refractivity contribution in [1.82, 2.24) is 14.9 Å². The molecule has 0 fully saturated rings. The van der Waals surface area contributed by atoms with Crippen molar-refractivity contribution in [3.05, 3.63) is 28.4 Å². The van der Waals surface area contributed by atoms with Gasteiger partial charge in [-0.1, -0.05) is 6.92 Å². The summed E-state index contributed by atoms with van der Waals surface area (Å²) in [6.45, 7) is 6.70. The zero-order valence-electron chi connectivity index (χ0n) is 9.49. The molecule has 1 aromatic heterocycles. The summed E-state index contributed by atoms with van der Waals surface area (Å²) in [6.07, 6.45) is 3.73. The molecule has 15 heavy (non-hydrogen) atoms. The van der Waals surface area contributed by atoms with Crippen molar-refractivity contribution >= 4 is 0 Å². The fraction of sp³-hybridized carbons (Fsp3) is 0.636. The van der Waals surface area contributed by atoms with Gasteiger partial charge in [0.25, 0.3) is 5.56 Å². The maximum Gasteiger partial charge on any atom is 0.253 e. The molecule has 0 aliphatic rings. The molecule has 0 aliphatic carbocycles. The van der Waals surface area contributed by atoms with Crippen molar-refractivity contribution in [1.29, 1.82) is 0 Å². The van der Waals surface area contributed by atoms with Crippen LogP contribution in [-0.4, -0.2) is 22.6 Å². The Kier molecular flexibility index (Phi) is 5.04.